The first kappa shape index (κ1) is 18.4. The molecule has 5 nitrogen and oxygen atoms in total. The smallest absolute Gasteiger partial charge is 0.262 e. The Kier molecular flexibility index (Phi) is 5.43. The zero-order valence-corrected chi connectivity index (χ0v) is 16.4. The van der Waals surface area contributed by atoms with Crippen molar-refractivity contribution in [3.05, 3.63) is 39.4 Å². The fourth-order valence-corrected chi connectivity index (χ4v) is 4.89. The van der Waals surface area contributed by atoms with Crippen molar-refractivity contribution in [2.24, 2.45) is 11.8 Å². The van der Waals surface area contributed by atoms with Gasteiger partial charge in [0.25, 0.3) is 5.56 Å². The Morgan fingerprint density at radius 2 is 1.81 bits per heavy atom. The molecule has 0 bridgehead atoms. The van der Waals surface area contributed by atoms with Gasteiger partial charge in [-0.2, -0.15) is 0 Å². The average molecular weight is 386 g/mol. The predicted molar refractivity (Wildman–Crippen MR) is 109 cm³/mol. The molecule has 0 spiro atoms. The van der Waals surface area contributed by atoms with Crippen molar-refractivity contribution in [3.8, 4) is 0 Å². The average Bonchev–Trinajstić information content (AvgIpc) is 3.18. The molecule has 2 aliphatic carbocycles. The number of hydrogen-bond acceptors (Lipinski definition) is 3. The monoisotopic (exact) mass is 385 g/mol. The van der Waals surface area contributed by atoms with Crippen LogP contribution in [0, 0.1) is 16.6 Å². The molecule has 144 valence electrons. The highest BCUT2D eigenvalue weighted by Crippen LogP contribution is 2.30. The van der Waals surface area contributed by atoms with Gasteiger partial charge in [0.2, 0.25) is 5.91 Å². The summed E-state index contributed by atoms with van der Waals surface area (Å²) < 4.78 is 2.18. The largest absolute Gasteiger partial charge is 0.353 e. The number of amides is 1. The minimum atomic E-state index is -0.0181. The number of para-hydroxylation sites is 1. The van der Waals surface area contributed by atoms with E-state index in [1.807, 2.05) is 24.3 Å². The van der Waals surface area contributed by atoms with E-state index in [1.54, 1.807) is 4.57 Å². The van der Waals surface area contributed by atoms with E-state index in [2.05, 4.69) is 10.3 Å². The number of hydrogen-bond donors (Lipinski definition) is 2. The van der Waals surface area contributed by atoms with E-state index in [-0.39, 0.29) is 17.4 Å². The topological polar surface area (TPSA) is 66.9 Å². The third-order valence-electron chi connectivity index (χ3n) is 6.25. The molecule has 2 aliphatic rings. The summed E-state index contributed by atoms with van der Waals surface area (Å²) in [6.45, 7) is 0.635. The van der Waals surface area contributed by atoms with E-state index in [1.165, 1.54) is 12.8 Å². The molecule has 0 radical (unpaired) electrons. The Hall–Kier alpha value is -1.95. The van der Waals surface area contributed by atoms with Gasteiger partial charge in [-0.25, -0.2) is 0 Å². The molecule has 27 heavy (non-hydrogen) atoms. The van der Waals surface area contributed by atoms with Gasteiger partial charge in [-0.3, -0.25) is 14.2 Å². The van der Waals surface area contributed by atoms with Gasteiger partial charge in [0.15, 0.2) is 4.77 Å². The van der Waals surface area contributed by atoms with Crippen LogP contribution in [0.3, 0.4) is 0 Å². The Bertz CT molecular complexity index is 934. The molecule has 1 amide bonds. The molecule has 6 heteroatoms. The zero-order valence-electron chi connectivity index (χ0n) is 15.6. The van der Waals surface area contributed by atoms with Gasteiger partial charge in [-0.05, 0) is 68.8 Å². The van der Waals surface area contributed by atoms with Crippen LogP contribution >= 0.6 is 12.2 Å². The van der Waals surface area contributed by atoms with Crippen LogP contribution in [0.4, 0.5) is 0 Å². The minimum Gasteiger partial charge on any atom is -0.353 e. The summed E-state index contributed by atoms with van der Waals surface area (Å²) in [4.78, 5) is 28.5. The lowest BCUT2D eigenvalue weighted by atomic mass is 9.81. The second kappa shape index (κ2) is 7.97. The maximum Gasteiger partial charge on any atom is 0.262 e. The van der Waals surface area contributed by atoms with Gasteiger partial charge < -0.3 is 10.3 Å². The molecule has 2 N–H and O–H groups in total. The molecule has 2 aromatic rings. The number of benzene rings is 1. The van der Waals surface area contributed by atoms with Gasteiger partial charge in [-0.1, -0.05) is 25.0 Å². The highest BCUT2D eigenvalue weighted by atomic mass is 32.1. The number of carbonyl (C=O) groups excluding carboxylic acids is 1. The highest BCUT2D eigenvalue weighted by Gasteiger charge is 2.28. The molecule has 0 aliphatic heterocycles. The van der Waals surface area contributed by atoms with Gasteiger partial charge in [-0.15, -0.1) is 0 Å². The van der Waals surface area contributed by atoms with Crippen LogP contribution in [0.2, 0.25) is 0 Å². The van der Waals surface area contributed by atoms with Crippen LogP contribution in [0.1, 0.15) is 51.4 Å². The quantitative estimate of drug-likeness (QED) is 0.784. The van der Waals surface area contributed by atoms with E-state index >= 15 is 0 Å². The maximum absolute atomic E-state index is 12.8. The van der Waals surface area contributed by atoms with Crippen molar-refractivity contribution in [2.45, 2.75) is 64.0 Å². The van der Waals surface area contributed by atoms with Gasteiger partial charge in [0, 0.05) is 18.5 Å². The van der Waals surface area contributed by atoms with Crippen LogP contribution in [0.15, 0.2) is 29.1 Å². The van der Waals surface area contributed by atoms with Crippen molar-refractivity contribution in [3.63, 3.8) is 0 Å². The van der Waals surface area contributed by atoms with Crippen LogP contribution in [0.25, 0.3) is 10.9 Å². The Morgan fingerprint density at radius 3 is 2.56 bits per heavy atom. The molecule has 4 rings (SSSR count). The standard InChI is InChI=1S/C21H27N3O2S/c25-19(22-16-5-1-2-6-16)15-11-9-14(10-12-15)13-24-20(26)17-7-3-4-8-18(17)23-21(24)27/h3-4,7-8,14-16H,1-2,5-6,9-13H2,(H,22,25)(H,23,27). The van der Waals surface area contributed by atoms with Gasteiger partial charge in [0.05, 0.1) is 10.9 Å². The number of aromatic amines is 1. The molecule has 1 aromatic heterocycles. The van der Waals surface area contributed by atoms with Crippen LogP contribution in [-0.2, 0) is 11.3 Å². The first-order chi connectivity index (χ1) is 13.1. The van der Waals surface area contributed by atoms with Crippen molar-refractivity contribution in [1.29, 1.82) is 0 Å². The summed E-state index contributed by atoms with van der Waals surface area (Å²) in [5.74, 6) is 0.764. The lowest BCUT2D eigenvalue weighted by molar-refractivity contribution is -0.126. The first-order valence-electron chi connectivity index (χ1n) is 10.1. The number of H-pyrrole nitrogens is 1. The fraction of sp³-hybridized carbons (Fsp3) is 0.571. The molecule has 0 atom stereocenters. The first-order valence-corrected chi connectivity index (χ1v) is 10.5. The number of nitrogens with one attached hydrogen (secondary N) is 2. The van der Waals surface area contributed by atoms with Crippen molar-refractivity contribution in [1.82, 2.24) is 14.9 Å². The van der Waals surface area contributed by atoms with Crippen LogP contribution in [0.5, 0.6) is 0 Å². The molecule has 1 heterocycles. The molecular weight excluding hydrogens is 358 g/mol. The second-order valence-corrected chi connectivity index (χ2v) is 8.49. The molecule has 0 unspecified atom stereocenters. The lowest BCUT2D eigenvalue weighted by Crippen LogP contribution is -2.39. The normalized spacial score (nSPS) is 23.6. The third kappa shape index (κ3) is 4.00. The summed E-state index contributed by atoms with van der Waals surface area (Å²) in [5, 5.41) is 3.91. The van der Waals surface area contributed by atoms with E-state index in [9.17, 15) is 9.59 Å². The fourth-order valence-electron chi connectivity index (χ4n) is 4.62. The summed E-state index contributed by atoms with van der Waals surface area (Å²) in [6, 6.07) is 7.88. The third-order valence-corrected chi connectivity index (χ3v) is 6.57. The molecular formula is C21H27N3O2S. The Balaban J connectivity index is 1.39. The highest BCUT2D eigenvalue weighted by molar-refractivity contribution is 7.71. The van der Waals surface area contributed by atoms with E-state index in [0.717, 1.165) is 44.0 Å². The number of rotatable bonds is 4. The van der Waals surface area contributed by atoms with E-state index in [0.29, 0.717) is 28.7 Å². The minimum absolute atomic E-state index is 0.0181. The van der Waals surface area contributed by atoms with Crippen LogP contribution in [-0.4, -0.2) is 21.5 Å². The SMILES string of the molecule is O=C(NC1CCCC1)C1CCC(Cn2c(=S)[nH]c3ccccc3c2=O)CC1. The molecule has 2 fully saturated rings. The molecule has 2 saturated carbocycles. The van der Waals surface area contributed by atoms with Crippen molar-refractivity contribution < 1.29 is 4.79 Å². The Labute approximate surface area is 164 Å². The van der Waals surface area contributed by atoms with Crippen molar-refractivity contribution in [2.75, 3.05) is 0 Å². The van der Waals surface area contributed by atoms with Gasteiger partial charge in [0.1, 0.15) is 0 Å². The summed E-state index contributed by atoms with van der Waals surface area (Å²) >= 11 is 5.42. The summed E-state index contributed by atoms with van der Waals surface area (Å²) in [5.41, 5.74) is 0.770. The number of aromatic nitrogens is 2. The predicted octanol–water partition coefficient (Wildman–Crippen LogP) is 3.92. The van der Waals surface area contributed by atoms with E-state index in [4.69, 9.17) is 12.2 Å². The van der Waals surface area contributed by atoms with E-state index < -0.39 is 0 Å². The second-order valence-electron chi connectivity index (χ2n) is 8.10. The lowest BCUT2D eigenvalue weighted by Gasteiger charge is -2.29. The van der Waals surface area contributed by atoms with Gasteiger partial charge >= 0.3 is 0 Å². The number of fused-ring (bicyclic) bond motifs is 1. The maximum atomic E-state index is 12.8. The zero-order chi connectivity index (χ0) is 18.8. The number of carbonyl (C=O) groups is 1. The van der Waals surface area contributed by atoms with Crippen molar-refractivity contribution >= 4 is 29.0 Å². The Morgan fingerprint density at radius 1 is 1.11 bits per heavy atom. The summed E-state index contributed by atoms with van der Waals surface area (Å²) in [6.07, 6.45) is 8.48. The molecule has 0 saturated heterocycles. The summed E-state index contributed by atoms with van der Waals surface area (Å²) in [7, 11) is 0. The molecule has 1 aromatic carbocycles. The van der Waals surface area contributed by atoms with Crippen LogP contribution < -0.4 is 10.9 Å². The number of nitrogens with zero attached hydrogens (tertiary/aromatic N) is 1.